The first kappa shape index (κ1) is 14.7. The van der Waals surface area contributed by atoms with E-state index in [4.69, 9.17) is 15.4 Å². The number of nitrogens with zero attached hydrogens (tertiary/aromatic N) is 3. The molecule has 108 valence electrons. The van der Waals surface area contributed by atoms with Crippen LogP contribution >= 0.6 is 10.7 Å². The van der Waals surface area contributed by atoms with Crippen molar-refractivity contribution in [3.8, 4) is 0 Å². The van der Waals surface area contributed by atoms with Gasteiger partial charge in [0.1, 0.15) is 5.82 Å². The first-order valence-corrected chi connectivity index (χ1v) is 8.45. The molecule has 2 atom stereocenters. The van der Waals surface area contributed by atoms with E-state index in [9.17, 15) is 8.42 Å². The van der Waals surface area contributed by atoms with Gasteiger partial charge in [-0.25, -0.2) is 8.42 Å². The molecular weight excluding hydrogens is 290 g/mol. The molecule has 0 N–H and O–H groups in total. The van der Waals surface area contributed by atoms with Crippen LogP contribution in [0.4, 0.5) is 0 Å². The zero-order valence-corrected chi connectivity index (χ0v) is 13.0. The molecule has 0 amide bonds. The van der Waals surface area contributed by atoms with Gasteiger partial charge in [-0.15, -0.1) is 10.2 Å². The quantitative estimate of drug-likeness (QED) is 0.780. The third-order valence-corrected chi connectivity index (χ3v) is 4.37. The van der Waals surface area contributed by atoms with E-state index in [2.05, 4.69) is 10.2 Å². The molecule has 0 radical (unpaired) electrons. The third-order valence-electron chi connectivity index (χ3n) is 3.26. The molecule has 0 saturated carbocycles. The molecule has 2 heterocycles. The van der Waals surface area contributed by atoms with Crippen LogP contribution in [0.1, 0.15) is 45.9 Å². The van der Waals surface area contributed by atoms with E-state index in [-0.39, 0.29) is 17.2 Å². The van der Waals surface area contributed by atoms with Gasteiger partial charge in [0.15, 0.2) is 0 Å². The highest BCUT2D eigenvalue weighted by atomic mass is 35.7. The summed E-state index contributed by atoms with van der Waals surface area (Å²) in [4.78, 5) is 0. The molecule has 0 spiro atoms. The topological polar surface area (TPSA) is 74.1 Å². The van der Waals surface area contributed by atoms with E-state index in [0.717, 1.165) is 6.42 Å². The second-order valence-electron chi connectivity index (χ2n) is 5.76. The Morgan fingerprint density at radius 2 is 2.00 bits per heavy atom. The van der Waals surface area contributed by atoms with Crippen LogP contribution in [0.2, 0.25) is 0 Å². The van der Waals surface area contributed by atoms with Gasteiger partial charge in [0.05, 0.1) is 6.10 Å². The molecule has 6 nitrogen and oxygen atoms in total. The molecule has 19 heavy (non-hydrogen) atoms. The maximum atomic E-state index is 11.6. The fraction of sp³-hybridized carbons (Fsp3) is 0.818. The molecular formula is C11H18ClN3O3S. The Kier molecular flexibility index (Phi) is 3.66. The predicted octanol–water partition coefficient (Wildman–Crippen LogP) is 1.85. The summed E-state index contributed by atoms with van der Waals surface area (Å²) in [6.07, 6.45) is 0.800. The highest BCUT2D eigenvalue weighted by Crippen LogP contribution is 2.34. The normalized spacial score (nSPS) is 24.9. The first-order chi connectivity index (χ1) is 8.62. The van der Waals surface area contributed by atoms with Crippen LogP contribution in [0.25, 0.3) is 0 Å². The number of ether oxygens (including phenoxy) is 1. The molecule has 1 aliphatic rings. The summed E-state index contributed by atoms with van der Waals surface area (Å²) >= 11 is 0. The second-order valence-corrected chi connectivity index (χ2v) is 8.22. The first-order valence-electron chi connectivity index (χ1n) is 6.14. The minimum atomic E-state index is -3.92. The SMILES string of the molecule is CC1OCCC1c1nnc(S(=O)(=O)Cl)n1C(C)(C)C. The fourth-order valence-corrected chi connectivity index (χ4v) is 3.40. The van der Waals surface area contributed by atoms with Crippen molar-refractivity contribution in [2.24, 2.45) is 0 Å². The Morgan fingerprint density at radius 1 is 1.37 bits per heavy atom. The van der Waals surface area contributed by atoms with Gasteiger partial charge in [0, 0.05) is 28.7 Å². The van der Waals surface area contributed by atoms with E-state index in [1.54, 1.807) is 4.57 Å². The number of halogens is 1. The Balaban J connectivity index is 2.60. The van der Waals surface area contributed by atoms with Crippen LogP contribution in [0.5, 0.6) is 0 Å². The van der Waals surface area contributed by atoms with Crippen molar-refractivity contribution in [2.45, 2.75) is 56.8 Å². The lowest BCUT2D eigenvalue weighted by Crippen LogP contribution is -2.29. The van der Waals surface area contributed by atoms with Gasteiger partial charge in [0.25, 0.3) is 14.2 Å². The summed E-state index contributed by atoms with van der Waals surface area (Å²) in [5, 5.41) is 7.62. The molecule has 0 aromatic carbocycles. The number of hydrogen-bond donors (Lipinski definition) is 0. The number of rotatable bonds is 2. The standard InChI is InChI=1S/C11H18ClN3O3S/c1-7-8(5-6-18-7)9-13-14-10(19(12,16)17)15(9)11(2,3)4/h7-8H,5-6H2,1-4H3. The van der Waals surface area contributed by atoms with Gasteiger partial charge >= 0.3 is 0 Å². The van der Waals surface area contributed by atoms with Crippen molar-refractivity contribution in [1.82, 2.24) is 14.8 Å². The third kappa shape index (κ3) is 2.78. The van der Waals surface area contributed by atoms with E-state index in [1.165, 1.54) is 0 Å². The Labute approximate surface area is 117 Å². The van der Waals surface area contributed by atoms with Crippen molar-refractivity contribution >= 4 is 19.7 Å². The lowest BCUT2D eigenvalue weighted by molar-refractivity contribution is 0.115. The molecule has 1 fully saturated rings. The average molecular weight is 308 g/mol. The Morgan fingerprint density at radius 3 is 2.42 bits per heavy atom. The Bertz CT molecular complexity index is 576. The van der Waals surface area contributed by atoms with Gasteiger partial charge in [-0.1, -0.05) is 0 Å². The van der Waals surface area contributed by atoms with Crippen LogP contribution in [0.3, 0.4) is 0 Å². The van der Waals surface area contributed by atoms with E-state index in [0.29, 0.717) is 12.4 Å². The molecule has 2 unspecified atom stereocenters. The van der Waals surface area contributed by atoms with Crippen LogP contribution < -0.4 is 0 Å². The molecule has 1 saturated heterocycles. The summed E-state index contributed by atoms with van der Waals surface area (Å²) in [7, 11) is 1.52. The molecule has 8 heteroatoms. The number of aromatic nitrogens is 3. The van der Waals surface area contributed by atoms with Gasteiger partial charge in [-0.05, 0) is 34.1 Å². The highest BCUT2D eigenvalue weighted by molar-refractivity contribution is 8.13. The van der Waals surface area contributed by atoms with E-state index >= 15 is 0 Å². The Hall–Kier alpha value is -0.660. The maximum Gasteiger partial charge on any atom is 0.296 e. The molecule has 1 aromatic heterocycles. The van der Waals surface area contributed by atoms with Crippen molar-refractivity contribution in [1.29, 1.82) is 0 Å². The van der Waals surface area contributed by atoms with E-state index in [1.807, 2.05) is 27.7 Å². The van der Waals surface area contributed by atoms with Crippen LogP contribution in [0, 0.1) is 0 Å². The maximum absolute atomic E-state index is 11.6. The molecule has 2 rings (SSSR count). The smallest absolute Gasteiger partial charge is 0.296 e. The molecule has 0 aliphatic carbocycles. The summed E-state index contributed by atoms with van der Waals surface area (Å²) < 4.78 is 30.4. The van der Waals surface area contributed by atoms with Crippen molar-refractivity contribution in [3.05, 3.63) is 5.82 Å². The average Bonchev–Trinajstić information content (AvgIpc) is 2.79. The minimum Gasteiger partial charge on any atom is -0.378 e. The van der Waals surface area contributed by atoms with Crippen LogP contribution in [-0.2, 0) is 19.3 Å². The van der Waals surface area contributed by atoms with E-state index < -0.39 is 14.6 Å². The van der Waals surface area contributed by atoms with Crippen LogP contribution in [0.15, 0.2) is 5.16 Å². The number of hydrogen-bond acceptors (Lipinski definition) is 5. The molecule has 1 aliphatic heterocycles. The fourth-order valence-electron chi connectivity index (χ4n) is 2.38. The van der Waals surface area contributed by atoms with Gasteiger partial charge in [0.2, 0.25) is 0 Å². The van der Waals surface area contributed by atoms with Crippen LogP contribution in [-0.4, -0.2) is 35.9 Å². The van der Waals surface area contributed by atoms with Gasteiger partial charge < -0.3 is 4.74 Å². The summed E-state index contributed by atoms with van der Waals surface area (Å²) in [5.41, 5.74) is -0.474. The van der Waals surface area contributed by atoms with Crippen molar-refractivity contribution in [2.75, 3.05) is 6.61 Å². The summed E-state index contributed by atoms with van der Waals surface area (Å²) in [6, 6.07) is 0. The zero-order valence-electron chi connectivity index (χ0n) is 11.4. The lowest BCUT2D eigenvalue weighted by atomic mass is 10.00. The molecule has 0 bridgehead atoms. The summed E-state index contributed by atoms with van der Waals surface area (Å²) in [5.74, 6) is 0.663. The second kappa shape index (κ2) is 4.71. The lowest BCUT2D eigenvalue weighted by Gasteiger charge is -2.26. The van der Waals surface area contributed by atoms with Crippen molar-refractivity contribution < 1.29 is 13.2 Å². The summed E-state index contributed by atoms with van der Waals surface area (Å²) in [6.45, 7) is 8.28. The van der Waals surface area contributed by atoms with Crippen molar-refractivity contribution in [3.63, 3.8) is 0 Å². The molecule has 1 aromatic rings. The largest absolute Gasteiger partial charge is 0.378 e. The zero-order chi connectivity index (χ0) is 14.4. The monoisotopic (exact) mass is 307 g/mol. The van der Waals surface area contributed by atoms with Gasteiger partial charge in [-0.3, -0.25) is 4.57 Å². The predicted molar refractivity (Wildman–Crippen MR) is 70.8 cm³/mol. The minimum absolute atomic E-state index is 0.00354. The highest BCUT2D eigenvalue weighted by Gasteiger charge is 2.36. The van der Waals surface area contributed by atoms with Gasteiger partial charge in [-0.2, -0.15) is 0 Å².